The molecule has 0 radical (unpaired) electrons. The van der Waals surface area contributed by atoms with Crippen LogP contribution in [0.3, 0.4) is 0 Å². The van der Waals surface area contributed by atoms with Crippen LogP contribution >= 0.6 is 23.2 Å². The molecule has 1 heterocycles. The molecule has 1 saturated heterocycles. The molecule has 0 spiro atoms. The highest BCUT2D eigenvalue weighted by atomic mass is 35.5. The number of hydrogen-bond acceptors (Lipinski definition) is 3. The molecule has 2 amide bonds. The van der Waals surface area contributed by atoms with Gasteiger partial charge < -0.3 is 4.74 Å². The van der Waals surface area contributed by atoms with E-state index in [2.05, 4.69) is 0 Å². The number of ether oxygens (including phenoxy) is 1. The first kappa shape index (κ1) is 19.8. The second-order valence-corrected chi connectivity index (χ2v) is 9.60. The molecule has 0 unspecified atom stereocenters. The fraction of sp³-hybridized carbons (Fsp3) is 0.231. The molecule has 3 aromatic carbocycles. The van der Waals surface area contributed by atoms with Crippen molar-refractivity contribution in [1.29, 1.82) is 0 Å². The molecule has 4 nitrogen and oxygen atoms in total. The van der Waals surface area contributed by atoms with E-state index in [0.29, 0.717) is 18.0 Å². The van der Waals surface area contributed by atoms with Crippen LogP contribution in [-0.4, -0.2) is 18.4 Å². The lowest BCUT2D eigenvalue weighted by atomic mass is 9.54. The summed E-state index contributed by atoms with van der Waals surface area (Å²) >= 11 is 14.8. The summed E-state index contributed by atoms with van der Waals surface area (Å²) in [5.74, 6) is -1.58. The van der Waals surface area contributed by atoms with E-state index in [1.165, 1.54) is 4.90 Å². The Kier molecular flexibility index (Phi) is 4.09. The van der Waals surface area contributed by atoms with Crippen LogP contribution in [0.2, 0.25) is 0 Å². The molecule has 4 aliphatic rings. The van der Waals surface area contributed by atoms with Gasteiger partial charge in [0.1, 0.15) is 15.5 Å². The second kappa shape index (κ2) is 6.60. The molecule has 1 aliphatic heterocycles. The van der Waals surface area contributed by atoms with E-state index < -0.39 is 21.6 Å². The van der Waals surface area contributed by atoms with Gasteiger partial charge in [0, 0.05) is 0 Å². The van der Waals surface area contributed by atoms with Crippen molar-refractivity contribution in [2.24, 2.45) is 11.8 Å². The van der Waals surface area contributed by atoms with Crippen molar-refractivity contribution in [3.05, 3.63) is 95.1 Å². The van der Waals surface area contributed by atoms with Crippen LogP contribution in [0.4, 0.5) is 5.69 Å². The Morgan fingerprint density at radius 3 is 1.53 bits per heavy atom. The number of amides is 2. The number of anilines is 1. The molecule has 32 heavy (non-hydrogen) atoms. The van der Waals surface area contributed by atoms with E-state index in [1.54, 1.807) is 24.3 Å². The van der Waals surface area contributed by atoms with Crippen molar-refractivity contribution in [2.75, 3.05) is 11.5 Å². The summed E-state index contributed by atoms with van der Waals surface area (Å²) in [6.07, 6.45) is 0. The first-order valence-electron chi connectivity index (χ1n) is 10.6. The molecule has 7 rings (SSSR count). The van der Waals surface area contributed by atoms with E-state index in [4.69, 9.17) is 27.9 Å². The molecule has 2 atom stereocenters. The number of carbonyl (C=O) groups excluding carboxylic acids is 2. The van der Waals surface area contributed by atoms with Crippen molar-refractivity contribution in [1.82, 2.24) is 0 Å². The van der Waals surface area contributed by atoms with E-state index in [-0.39, 0.29) is 11.8 Å². The van der Waals surface area contributed by atoms with Gasteiger partial charge in [-0.3, -0.25) is 9.59 Å². The third kappa shape index (κ3) is 2.19. The van der Waals surface area contributed by atoms with Gasteiger partial charge in [-0.15, -0.1) is 23.2 Å². The zero-order valence-electron chi connectivity index (χ0n) is 17.2. The summed E-state index contributed by atoms with van der Waals surface area (Å²) in [6.45, 7) is 2.43. The molecule has 3 aliphatic carbocycles. The fourth-order valence-corrected chi connectivity index (χ4v) is 6.88. The predicted octanol–water partition coefficient (Wildman–Crippen LogP) is 5.18. The van der Waals surface area contributed by atoms with Crippen molar-refractivity contribution in [3.8, 4) is 5.75 Å². The Morgan fingerprint density at radius 1 is 0.750 bits per heavy atom. The zero-order chi connectivity index (χ0) is 22.3. The molecule has 0 aromatic heterocycles. The van der Waals surface area contributed by atoms with Gasteiger partial charge >= 0.3 is 0 Å². The molecule has 6 heteroatoms. The lowest BCUT2D eigenvalue weighted by molar-refractivity contribution is -0.122. The van der Waals surface area contributed by atoms with Gasteiger partial charge in [-0.1, -0.05) is 48.5 Å². The third-order valence-corrected chi connectivity index (χ3v) is 8.28. The summed E-state index contributed by atoms with van der Waals surface area (Å²) < 4.78 is 5.50. The minimum absolute atomic E-state index is 0.326. The summed E-state index contributed by atoms with van der Waals surface area (Å²) in [5, 5.41) is 0. The van der Waals surface area contributed by atoms with Gasteiger partial charge in [0.05, 0.1) is 24.1 Å². The standard InChI is InChI=1S/C26H19Cl2NO3/c1-2-32-16-13-11-15(12-14-16)29-23(30)21-22(24(29)31)26(28)18-8-4-3-7-17(18)25(21,27)19-9-5-6-10-20(19)26/h3-14,21-22H,2H2,1H3/t21-,22-,25?,26?/m0/s1. The summed E-state index contributed by atoms with van der Waals surface area (Å²) in [6, 6.07) is 22.2. The highest BCUT2D eigenvalue weighted by Gasteiger charge is 2.73. The number of imide groups is 1. The monoisotopic (exact) mass is 463 g/mol. The Labute approximate surface area is 195 Å². The maximum Gasteiger partial charge on any atom is 0.240 e. The molecule has 0 N–H and O–H groups in total. The third-order valence-electron chi connectivity index (χ3n) is 6.99. The average Bonchev–Trinajstić information content (AvgIpc) is 3.09. The Bertz CT molecular complexity index is 1160. The lowest BCUT2D eigenvalue weighted by Crippen LogP contribution is -2.57. The Balaban J connectivity index is 1.57. The van der Waals surface area contributed by atoms with Crippen molar-refractivity contribution in [3.63, 3.8) is 0 Å². The molecule has 0 saturated carbocycles. The molecule has 160 valence electrons. The first-order valence-corrected chi connectivity index (χ1v) is 11.4. The van der Waals surface area contributed by atoms with Gasteiger partial charge in [0.25, 0.3) is 0 Å². The van der Waals surface area contributed by atoms with E-state index >= 15 is 0 Å². The summed E-state index contributed by atoms with van der Waals surface area (Å²) in [4.78, 5) is 26.6. The minimum atomic E-state index is -1.17. The maximum atomic E-state index is 13.8. The quantitative estimate of drug-likeness (QED) is 0.396. The molecule has 3 aromatic rings. The average molecular weight is 464 g/mol. The molecule has 1 fully saturated rings. The van der Waals surface area contributed by atoms with Gasteiger partial charge in [-0.05, 0) is 53.4 Å². The number of carbonyl (C=O) groups is 2. The van der Waals surface area contributed by atoms with Crippen LogP contribution in [0, 0.1) is 11.8 Å². The lowest BCUT2D eigenvalue weighted by Gasteiger charge is -2.54. The Morgan fingerprint density at radius 2 is 1.16 bits per heavy atom. The zero-order valence-corrected chi connectivity index (χ0v) is 18.7. The smallest absolute Gasteiger partial charge is 0.240 e. The van der Waals surface area contributed by atoms with Crippen LogP contribution in [0.1, 0.15) is 29.2 Å². The van der Waals surface area contributed by atoms with Crippen LogP contribution < -0.4 is 9.64 Å². The first-order chi connectivity index (χ1) is 15.4. The highest BCUT2D eigenvalue weighted by molar-refractivity contribution is 6.38. The van der Waals surface area contributed by atoms with Gasteiger partial charge in [-0.2, -0.15) is 0 Å². The summed E-state index contributed by atoms with van der Waals surface area (Å²) in [7, 11) is 0. The van der Waals surface area contributed by atoms with E-state index in [9.17, 15) is 9.59 Å². The van der Waals surface area contributed by atoms with Crippen LogP contribution in [-0.2, 0) is 19.3 Å². The van der Waals surface area contributed by atoms with Crippen molar-refractivity contribution in [2.45, 2.75) is 16.7 Å². The largest absolute Gasteiger partial charge is 0.494 e. The van der Waals surface area contributed by atoms with Crippen LogP contribution in [0.25, 0.3) is 0 Å². The van der Waals surface area contributed by atoms with E-state index in [0.717, 1.165) is 22.3 Å². The molecular formula is C26H19Cl2NO3. The summed E-state index contributed by atoms with van der Waals surface area (Å²) in [5.41, 5.74) is 3.68. The number of nitrogens with zero attached hydrogens (tertiary/aromatic N) is 1. The predicted molar refractivity (Wildman–Crippen MR) is 123 cm³/mol. The SMILES string of the molecule is CCOc1ccc(N2C(=O)[C@@H]3[C@@H](C2=O)C2(Cl)c4ccccc4C3(Cl)c3ccccc32)cc1. The second-order valence-electron chi connectivity index (χ2n) is 8.41. The van der Waals surface area contributed by atoms with Crippen molar-refractivity contribution >= 4 is 40.7 Å². The normalized spacial score (nSPS) is 29.5. The number of benzene rings is 3. The number of halogens is 2. The highest BCUT2D eigenvalue weighted by Crippen LogP contribution is 2.69. The minimum Gasteiger partial charge on any atom is -0.494 e. The fourth-order valence-electron chi connectivity index (χ4n) is 5.78. The van der Waals surface area contributed by atoms with Crippen molar-refractivity contribution < 1.29 is 14.3 Å². The molecular weight excluding hydrogens is 445 g/mol. The van der Waals surface area contributed by atoms with Gasteiger partial charge in [0.15, 0.2) is 0 Å². The Hall–Kier alpha value is -2.82. The van der Waals surface area contributed by atoms with E-state index in [1.807, 2.05) is 55.5 Å². The molecule has 2 bridgehead atoms. The van der Waals surface area contributed by atoms with Crippen LogP contribution in [0.5, 0.6) is 5.75 Å². The number of alkyl halides is 2. The number of hydrogen-bond donors (Lipinski definition) is 0. The number of rotatable bonds is 3. The maximum absolute atomic E-state index is 13.8. The van der Waals surface area contributed by atoms with Crippen LogP contribution in [0.15, 0.2) is 72.8 Å². The van der Waals surface area contributed by atoms with Gasteiger partial charge in [-0.25, -0.2) is 4.90 Å². The van der Waals surface area contributed by atoms with Gasteiger partial charge in [0.2, 0.25) is 11.8 Å². The topological polar surface area (TPSA) is 46.6 Å².